The highest BCUT2D eigenvalue weighted by Gasteiger charge is 2.10. The Morgan fingerprint density at radius 3 is 2.88 bits per heavy atom. The number of halogens is 1. The van der Waals surface area contributed by atoms with Gasteiger partial charge >= 0.3 is 0 Å². The third kappa shape index (κ3) is 3.02. The van der Waals surface area contributed by atoms with Crippen LogP contribution in [0.15, 0.2) is 29.8 Å². The van der Waals surface area contributed by atoms with Crippen LogP contribution in [0.1, 0.15) is 22.9 Å². The molecule has 0 aliphatic carbocycles. The van der Waals surface area contributed by atoms with Gasteiger partial charge in [-0.25, -0.2) is 0 Å². The molecule has 0 aromatic carbocycles. The van der Waals surface area contributed by atoms with Gasteiger partial charge in [0, 0.05) is 18.3 Å². The van der Waals surface area contributed by atoms with E-state index in [1.807, 2.05) is 36.7 Å². The maximum Gasteiger partial charge on any atom is 0.0853 e. The van der Waals surface area contributed by atoms with Crippen LogP contribution in [0.3, 0.4) is 0 Å². The summed E-state index contributed by atoms with van der Waals surface area (Å²) in [6.07, 6.45) is 1.96. The van der Waals surface area contributed by atoms with Gasteiger partial charge in [-0.3, -0.25) is 4.98 Å². The monoisotopic (exact) mass is 345 g/mol. The van der Waals surface area contributed by atoms with Crippen LogP contribution in [-0.4, -0.2) is 10.1 Å². The van der Waals surface area contributed by atoms with Crippen LogP contribution < -0.4 is 0 Å². The fourth-order valence-corrected chi connectivity index (χ4v) is 2.85. The van der Waals surface area contributed by atoms with E-state index in [0.717, 1.165) is 16.8 Å². The molecule has 4 heteroatoms. The number of aliphatic hydroxyl groups is 1. The maximum absolute atomic E-state index is 10.0. The first-order chi connectivity index (χ1) is 7.65. The van der Waals surface area contributed by atoms with Crippen molar-refractivity contribution in [1.29, 1.82) is 0 Å². The molecule has 84 valence electrons. The van der Waals surface area contributed by atoms with Gasteiger partial charge in [0.05, 0.1) is 8.99 Å². The van der Waals surface area contributed by atoms with E-state index in [-0.39, 0.29) is 0 Å². The third-order valence-electron chi connectivity index (χ3n) is 2.35. The lowest BCUT2D eigenvalue weighted by molar-refractivity contribution is 0.177. The molecule has 0 bridgehead atoms. The molecule has 0 aliphatic heterocycles. The van der Waals surface area contributed by atoms with Crippen molar-refractivity contribution in [3.8, 4) is 0 Å². The van der Waals surface area contributed by atoms with Gasteiger partial charge in [-0.1, -0.05) is 6.07 Å². The van der Waals surface area contributed by atoms with Gasteiger partial charge in [0.25, 0.3) is 0 Å². The predicted molar refractivity (Wildman–Crippen MR) is 74.7 cm³/mol. The first-order valence-corrected chi connectivity index (χ1v) is 6.94. The zero-order valence-electron chi connectivity index (χ0n) is 8.85. The van der Waals surface area contributed by atoms with Crippen molar-refractivity contribution in [2.45, 2.75) is 19.4 Å². The van der Waals surface area contributed by atoms with E-state index in [1.54, 1.807) is 11.3 Å². The quantitative estimate of drug-likeness (QED) is 0.866. The highest BCUT2D eigenvalue weighted by molar-refractivity contribution is 14.1. The van der Waals surface area contributed by atoms with E-state index < -0.39 is 6.10 Å². The Hall–Kier alpha value is -0.460. The number of rotatable bonds is 3. The van der Waals surface area contributed by atoms with Crippen LogP contribution in [0, 0.1) is 9.81 Å². The molecule has 2 rings (SSSR count). The Morgan fingerprint density at radius 2 is 2.31 bits per heavy atom. The summed E-state index contributed by atoms with van der Waals surface area (Å²) in [7, 11) is 0. The molecule has 16 heavy (non-hydrogen) atoms. The number of hydrogen-bond donors (Lipinski definition) is 1. The Labute approximate surface area is 112 Å². The molecule has 0 radical (unpaired) electrons. The number of aliphatic hydroxyl groups excluding tert-OH is 1. The lowest BCUT2D eigenvalue weighted by atomic mass is 10.1. The van der Waals surface area contributed by atoms with Gasteiger partial charge in [0.15, 0.2) is 0 Å². The number of aromatic nitrogens is 1. The third-order valence-corrected chi connectivity index (χ3v) is 4.15. The van der Waals surface area contributed by atoms with Gasteiger partial charge in [-0.15, -0.1) is 11.3 Å². The van der Waals surface area contributed by atoms with Crippen LogP contribution in [-0.2, 0) is 6.42 Å². The molecule has 1 N–H and O–H groups in total. The minimum atomic E-state index is -0.449. The summed E-state index contributed by atoms with van der Waals surface area (Å²) in [6, 6.07) is 6.01. The van der Waals surface area contributed by atoms with Crippen molar-refractivity contribution in [2.24, 2.45) is 0 Å². The number of thiophene rings is 1. The maximum atomic E-state index is 10.0. The summed E-state index contributed by atoms with van der Waals surface area (Å²) in [5.41, 5.74) is 3.06. The second-order valence-corrected chi connectivity index (χ2v) is 6.54. The average Bonchev–Trinajstić information content (AvgIpc) is 2.68. The van der Waals surface area contributed by atoms with E-state index >= 15 is 0 Å². The van der Waals surface area contributed by atoms with Crippen molar-refractivity contribution in [3.05, 3.63) is 49.5 Å². The molecular weight excluding hydrogens is 333 g/mol. The van der Waals surface area contributed by atoms with E-state index in [4.69, 9.17) is 0 Å². The zero-order valence-corrected chi connectivity index (χ0v) is 11.8. The van der Waals surface area contributed by atoms with Crippen molar-refractivity contribution in [1.82, 2.24) is 4.98 Å². The van der Waals surface area contributed by atoms with E-state index in [2.05, 4.69) is 27.6 Å². The molecule has 0 saturated carbocycles. The fourth-order valence-electron chi connectivity index (χ4n) is 1.43. The molecule has 0 amide bonds. The summed E-state index contributed by atoms with van der Waals surface area (Å²) in [5, 5.41) is 12.0. The number of hydrogen-bond acceptors (Lipinski definition) is 3. The minimum Gasteiger partial charge on any atom is -0.388 e. The summed E-state index contributed by atoms with van der Waals surface area (Å²) < 4.78 is 1.20. The molecule has 1 unspecified atom stereocenters. The van der Waals surface area contributed by atoms with Gasteiger partial charge in [0.1, 0.15) is 0 Å². The predicted octanol–water partition coefficient (Wildman–Crippen LogP) is 3.33. The van der Waals surface area contributed by atoms with Crippen LogP contribution in [0.25, 0.3) is 0 Å². The van der Waals surface area contributed by atoms with Crippen molar-refractivity contribution < 1.29 is 5.11 Å². The number of pyridine rings is 1. The first-order valence-electron chi connectivity index (χ1n) is 4.98. The Kier molecular flexibility index (Phi) is 3.94. The molecule has 2 nitrogen and oxygen atoms in total. The van der Waals surface area contributed by atoms with Gasteiger partial charge in [-0.2, -0.15) is 0 Å². The van der Waals surface area contributed by atoms with E-state index in [9.17, 15) is 5.11 Å². The largest absolute Gasteiger partial charge is 0.388 e. The van der Waals surface area contributed by atoms with Crippen molar-refractivity contribution in [3.63, 3.8) is 0 Å². The number of aryl methyl sites for hydroxylation is 1. The minimum absolute atomic E-state index is 0.449. The fraction of sp³-hybridized carbons (Fsp3) is 0.250. The van der Waals surface area contributed by atoms with Gasteiger partial charge < -0.3 is 5.11 Å². The lowest BCUT2D eigenvalue weighted by Crippen LogP contribution is -2.02. The van der Waals surface area contributed by atoms with Crippen LogP contribution in [0.2, 0.25) is 0 Å². The summed E-state index contributed by atoms with van der Waals surface area (Å²) in [6.45, 7) is 2.01. The van der Waals surface area contributed by atoms with Crippen molar-refractivity contribution in [2.75, 3.05) is 0 Å². The Balaban J connectivity index is 2.07. The summed E-state index contributed by atoms with van der Waals surface area (Å²) >= 11 is 3.91. The zero-order chi connectivity index (χ0) is 11.5. The van der Waals surface area contributed by atoms with Crippen LogP contribution in [0.5, 0.6) is 0 Å². The molecule has 0 fully saturated rings. The second kappa shape index (κ2) is 5.25. The van der Waals surface area contributed by atoms with Gasteiger partial charge in [0.2, 0.25) is 0 Å². The SMILES string of the molecule is Cc1ccc(CC(O)c2csc(I)c2)nc1. The summed E-state index contributed by atoms with van der Waals surface area (Å²) in [5.74, 6) is 0. The molecule has 2 heterocycles. The average molecular weight is 345 g/mol. The second-order valence-electron chi connectivity index (χ2n) is 3.73. The van der Waals surface area contributed by atoms with Crippen LogP contribution >= 0.6 is 33.9 Å². The Bertz CT molecular complexity index is 466. The smallest absolute Gasteiger partial charge is 0.0853 e. The molecule has 2 aromatic rings. The Morgan fingerprint density at radius 1 is 1.50 bits per heavy atom. The highest BCUT2D eigenvalue weighted by Crippen LogP contribution is 2.24. The van der Waals surface area contributed by atoms with E-state index in [1.165, 1.54) is 2.88 Å². The number of nitrogens with zero attached hydrogens (tertiary/aromatic N) is 1. The topological polar surface area (TPSA) is 33.1 Å². The van der Waals surface area contributed by atoms with E-state index in [0.29, 0.717) is 6.42 Å². The molecule has 2 aromatic heterocycles. The van der Waals surface area contributed by atoms with Gasteiger partial charge in [-0.05, 0) is 58.2 Å². The summed E-state index contributed by atoms with van der Waals surface area (Å²) in [4.78, 5) is 4.29. The molecule has 0 saturated heterocycles. The normalized spacial score (nSPS) is 12.7. The first kappa shape index (κ1) is 12.0. The highest BCUT2D eigenvalue weighted by atomic mass is 127. The standard InChI is InChI=1S/C12H12INOS/c1-8-2-3-10(14-6-8)5-11(15)9-4-12(13)16-7-9/h2-4,6-7,11,15H,5H2,1H3. The lowest BCUT2D eigenvalue weighted by Gasteiger charge is -2.08. The van der Waals surface area contributed by atoms with Crippen LogP contribution in [0.4, 0.5) is 0 Å². The molecule has 0 aliphatic rings. The molecular formula is C12H12INOS. The van der Waals surface area contributed by atoms with Crippen molar-refractivity contribution >= 4 is 33.9 Å². The molecule has 0 spiro atoms. The molecule has 1 atom stereocenters.